The van der Waals surface area contributed by atoms with Gasteiger partial charge in [0.25, 0.3) is 0 Å². The van der Waals surface area contributed by atoms with Crippen molar-refractivity contribution in [3.8, 4) is 0 Å². The van der Waals surface area contributed by atoms with Gasteiger partial charge in [0.05, 0.1) is 11.2 Å². The summed E-state index contributed by atoms with van der Waals surface area (Å²) in [4.78, 5) is 26.4. The van der Waals surface area contributed by atoms with Gasteiger partial charge in [0.2, 0.25) is 5.91 Å². The number of carbonyl (C=O) groups excluding carboxylic acids is 1. The highest BCUT2D eigenvalue weighted by molar-refractivity contribution is 6.09. The minimum absolute atomic E-state index is 0.177. The number of piperazine rings is 1. The van der Waals surface area contributed by atoms with E-state index in [-0.39, 0.29) is 5.91 Å². The summed E-state index contributed by atoms with van der Waals surface area (Å²) in [6, 6.07) is 14.6. The highest BCUT2D eigenvalue weighted by Crippen LogP contribution is 2.30. The van der Waals surface area contributed by atoms with Gasteiger partial charge in [0.1, 0.15) is 6.54 Å². The van der Waals surface area contributed by atoms with Crippen LogP contribution in [0.1, 0.15) is 42.6 Å². The number of hydrogen-bond donors (Lipinski definition) is 2. The summed E-state index contributed by atoms with van der Waals surface area (Å²) in [6.07, 6.45) is 10.9. The van der Waals surface area contributed by atoms with Crippen LogP contribution in [0, 0.1) is 0 Å². The number of benzene rings is 1. The maximum Gasteiger partial charge on any atom is 0.242 e. The highest BCUT2D eigenvalue weighted by atomic mass is 16.2. The molecule has 1 aromatic carbocycles. The summed E-state index contributed by atoms with van der Waals surface area (Å²) in [5.41, 5.74) is 11.5. The second-order valence-corrected chi connectivity index (χ2v) is 10.9. The average molecular weight is 542 g/mol. The van der Waals surface area contributed by atoms with Crippen molar-refractivity contribution >= 4 is 27.7 Å². The van der Waals surface area contributed by atoms with E-state index in [9.17, 15) is 4.79 Å². The van der Waals surface area contributed by atoms with Crippen molar-refractivity contribution in [1.29, 1.82) is 0 Å². The third-order valence-electron chi connectivity index (χ3n) is 8.10. The van der Waals surface area contributed by atoms with Crippen molar-refractivity contribution in [3.05, 3.63) is 71.8 Å². The predicted octanol–water partition coefficient (Wildman–Crippen LogP) is 3.75. The lowest BCUT2D eigenvalue weighted by Gasteiger charge is -2.32. The molecule has 4 heterocycles. The van der Waals surface area contributed by atoms with Crippen LogP contribution in [0.2, 0.25) is 0 Å². The van der Waals surface area contributed by atoms with E-state index < -0.39 is 0 Å². The number of aryl methyl sites for hydroxylation is 2. The molecule has 3 N–H and O–H groups in total. The summed E-state index contributed by atoms with van der Waals surface area (Å²) < 4.78 is 2.16. The molecule has 1 fully saturated rings. The average Bonchev–Trinajstić information content (AvgIpc) is 3.32. The normalized spacial score (nSPS) is 15.6. The Morgan fingerprint density at radius 2 is 1.75 bits per heavy atom. The van der Waals surface area contributed by atoms with Crippen molar-refractivity contribution in [2.24, 2.45) is 5.73 Å². The number of aromatic nitrogens is 3. The zero-order chi connectivity index (χ0) is 27.7. The lowest BCUT2D eigenvalue weighted by Crippen LogP contribution is -2.48. The maximum absolute atomic E-state index is 13.1. The van der Waals surface area contributed by atoms with Crippen molar-refractivity contribution < 1.29 is 4.79 Å². The third kappa shape index (κ3) is 6.69. The summed E-state index contributed by atoms with van der Waals surface area (Å²) in [7, 11) is 2.10. The monoisotopic (exact) mass is 541 g/mol. The third-order valence-corrected chi connectivity index (χ3v) is 8.10. The Labute approximate surface area is 237 Å². The number of hydrogen-bond acceptors (Lipinski definition) is 6. The molecule has 1 amide bonds. The minimum Gasteiger partial charge on any atom is -0.339 e. The Morgan fingerprint density at radius 3 is 2.58 bits per heavy atom. The molecular weight excluding hydrogens is 498 g/mol. The van der Waals surface area contributed by atoms with E-state index in [2.05, 4.69) is 62.1 Å². The van der Waals surface area contributed by atoms with Gasteiger partial charge in [-0.25, -0.2) is 0 Å². The number of rotatable bonds is 8. The van der Waals surface area contributed by atoms with E-state index in [0.717, 1.165) is 74.2 Å². The quantitative estimate of drug-likeness (QED) is 0.330. The molecule has 1 saturated heterocycles. The van der Waals surface area contributed by atoms with Crippen molar-refractivity contribution in [2.75, 3.05) is 46.3 Å². The Kier molecular flexibility index (Phi) is 9.76. The van der Waals surface area contributed by atoms with Gasteiger partial charge in [-0.05, 0) is 82.4 Å². The maximum atomic E-state index is 13.1. The first-order valence-corrected chi connectivity index (χ1v) is 14.8. The number of likely N-dealkylation sites (N-methyl/N-ethyl adjacent to an activating group) is 1. The molecule has 6 rings (SSSR count). The van der Waals surface area contributed by atoms with E-state index >= 15 is 0 Å². The Balaban J connectivity index is 0.000000269. The van der Waals surface area contributed by atoms with Gasteiger partial charge < -0.3 is 25.4 Å². The van der Waals surface area contributed by atoms with E-state index in [0.29, 0.717) is 13.1 Å². The molecule has 40 heavy (non-hydrogen) atoms. The molecular formula is C32H43N7O. The number of carbonyl (C=O) groups is 1. The first kappa shape index (κ1) is 28.2. The molecule has 0 unspecified atom stereocenters. The molecule has 4 aromatic rings. The molecule has 2 aliphatic rings. The Morgan fingerprint density at radius 1 is 0.925 bits per heavy atom. The number of amides is 1. The van der Waals surface area contributed by atoms with Crippen LogP contribution < -0.4 is 11.1 Å². The molecule has 1 aliphatic heterocycles. The molecule has 8 nitrogen and oxygen atoms in total. The first-order valence-electron chi connectivity index (χ1n) is 14.8. The molecule has 1 aliphatic carbocycles. The number of fused-ring (bicyclic) bond motifs is 4. The van der Waals surface area contributed by atoms with Crippen LogP contribution in [0.4, 0.5) is 0 Å². The van der Waals surface area contributed by atoms with Crippen LogP contribution in [0.15, 0.2) is 54.9 Å². The first-order chi connectivity index (χ1) is 19.7. The largest absolute Gasteiger partial charge is 0.339 e. The minimum atomic E-state index is 0.177. The van der Waals surface area contributed by atoms with Crippen LogP contribution in [0.3, 0.4) is 0 Å². The standard InChI is InChI=1S/C23H32N6O.C9H11N/c1-27-12-14-28(15-13-27)22(30)17-29-21-7-3-2-6-18(21)19-8-11-26-20(23(19)29)16-25-10-5-4-9-24;1-2-6-9-8(4-1)5-3-7-10-9/h2-3,6-8,11,25H,4-5,9-10,12-17,24H2,1H3;3,5,7H,1-2,4,6H2. The lowest BCUT2D eigenvalue weighted by molar-refractivity contribution is -0.133. The Hall–Kier alpha value is -3.33. The fourth-order valence-electron chi connectivity index (χ4n) is 5.79. The second kappa shape index (κ2) is 13.8. The van der Waals surface area contributed by atoms with Crippen molar-refractivity contribution in [1.82, 2.24) is 29.7 Å². The van der Waals surface area contributed by atoms with Gasteiger partial charge in [-0.15, -0.1) is 0 Å². The lowest BCUT2D eigenvalue weighted by atomic mass is 9.96. The van der Waals surface area contributed by atoms with Crippen molar-refractivity contribution in [3.63, 3.8) is 0 Å². The molecule has 0 atom stereocenters. The topological polar surface area (TPSA) is 92.3 Å². The van der Waals surface area contributed by atoms with Crippen LogP contribution >= 0.6 is 0 Å². The molecule has 0 bridgehead atoms. The summed E-state index contributed by atoms with van der Waals surface area (Å²) in [6.45, 7) is 6.10. The summed E-state index contributed by atoms with van der Waals surface area (Å²) in [5, 5.41) is 5.82. The Bertz CT molecular complexity index is 1380. The molecule has 0 spiro atoms. The fourth-order valence-corrected chi connectivity index (χ4v) is 5.79. The predicted molar refractivity (Wildman–Crippen MR) is 162 cm³/mol. The van der Waals surface area contributed by atoms with Crippen LogP contribution in [0.5, 0.6) is 0 Å². The van der Waals surface area contributed by atoms with E-state index in [1.165, 1.54) is 42.3 Å². The summed E-state index contributed by atoms with van der Waals surface area (Å²) >= 11 is 0. The van der Waals surface area contributed by atoms with Gasteiger partial charge in [-0.2, -0.15) is 0 Å². The van der Waals surface area contributed by atoms with E-state index in [4.69, 9.17) is 5.73 Å². The van der Waals surface area contributed by atoms with Gasteiger partial charge in [0.15, 0.2) is 0 Å². The number of para-hydroxylation sites is 1. The smallest absolute Gasteiger partial charge is 0.242 e. The number of nitrogens with two attached hydrogens (primary N) is 1. The SMILES string of the molecule is CN1CCN(C(=O)Cn2c3ccccc3c3ccnc(CNCCCCN)c32)CC1.c1cnc2c(c1)CCCC2. The molecule has 0 saturated carbocycles. The van der Waals surface area contributed by atoms with Crippen LogP contribution in [-0.4, -0.2) is 76.6 Å². The summed E-state index contributed by atoms with van der Waals surface area (Å²) in [5.74, 6) is 0.177. The van der Waals surface area contributed by atoms with E-state index in [1.807, 2.05) is 29.4 Å². The molecule has 3 aromatic heterocycles. The fraction of sp³-hybridized carbons (Fsp3) is 0.469. The zero-order valence-corrected chi connectivity index (χ0v) is 23.8. The molecule has 0 radical (unpaired) electrons. The highest BCUT2D eigenvalue weighted by Gasteiger charge is 2.22. The second-order valence-electron chi connectivity index (χ2n) is 10.9. The van der Waals surface area contributed by atoms with Gasteiger partial charge in [-0.1, -0.05) is 24.3 Å². The van der Waals surface area contributed by atoms with Crippen LogP contribution in [-0.2, 0) is 30.7 Å². The van der Waals surface area contributed by atoms with Crippen molar-refractivity contribution in [2.45, 2.75) is 51.6 Å². The number of nitrogens with zero attached hydrogens (tertiary/aromatic N) is 5. The van der Waals surface area contributed by atoms with Crippen LogP contribution in [0.25, 0.3) is 21.8 Å². The van der Waals surface area contributed by atoms with Gasteiger partial charge in [-0.3, -0.25) is 14.8 Å². The zero-order valence-electron chi connectivity index (χ0n) is 23.8. The van der Waals surface area contributed by atoms with Gasteiger partial charge >= 0.3 is 0 Å². The number of pyridine rings is 2. The van der Waals surface area contributed by atoms with E-state index in [1.54, 1.807) is 0 Å². The van der Waals surface area contributed by atoms with Gasteiger partial charge in [0, 0.05) is 67.1 Å². The number of nitrogens with one attached hydrogen (secondary N) is 1. The number of unbranched alkanes of at least 4 members (excludes halogenated alkanes) is 1. The molecule has 212 valence electrons. The molecule has 8 heteroatoms.